The van der Waals surface area contributed by atoms with Crippen LogP contribution in [-0.2, 0) is 6.54 Å². The Morgan fingerprint density at radius 2 is 2.33 bits per heavy atom. The largest absolute Gasteiger partial charge is 0.311 e. The third kappa shape index (κ3) is 2.87. The molecule has 0 bridgehead atoms. The van der Waals surface area contributed by atoms with Gasteiger partial charge in [-0.15, -0.1) is 22.7 Å². The minimum atomic E-state index is 0.885. The molecule has 0 unspecified atom stereocenters. The summed E-state index contributed by atoms with van der Waals surface area (Å²) < 4.78 is 0. The highest BCUT2D eigenvalue weighted by atomic mass is 32.1. The van der Waals surface area contributed by atoms with Gasteiger partial charge in [-0.25, -0.2) is 4.98 Å². The minimum Gasteiger partial charge on any atom is -0.311 e. The fourth-order valence-electron chi connectivity index (χ4n) is 1.29. The van der Waals surface area contributed by atoms with Crippen molar-refractivity contribution in [2.75, 3.05) is 6.54 Å². The number of thiophene rings is 1. The number of thiazole rings is 1. The van der Waals surface area contributed by atoms with Gasteiger partial charge < -0.3 is 5.32 Å². The van der Waals surface area contributed by atoms with Gasteiger partial charge in [0.05, 0.1) is 10.6 Å². The number of aromatic nitrogens is 1. The lowest BCUT2D eigenvalue weighted by Crippen LogP contribution is -2.13. The Kier molecular flexibility index (Phi) is 3.88. The maximum atomic E-state index is 4.59. The lowest BCUT2D eigenvalue weighted by molar-refractivity contribution is 0.667. The second kappa shape index (κ2) is 5.39. The van der Waals surface area contributed by atoms with E-state index < -0.39 is 0 Å². The Labute approximate surface area is 98.0 Å². The molecule has 15 heavy (non-hydrogen) atoms. The summed E-state index contributed by atoms with van der Waals surface area (Å²) in [4.78, 5) is 5.86. The van der Waals surface area contributed by atoms with E-state index in [-0.39, 0.29) is 0 Å². The van der Waals surface area contributed by atoms with Crippen molar-refractivity contribution in [2.45, 2.75) is 19.9 Å². The highest BCUT2D eigenvalue weighted by molar-refractivity contribution is 7.20. The van der Waals surface area contributed by atoms with E-state index in [0.29, 0.717) is 0 Å². The van der Waals surface area contributed by atoms with Gasteiger partial charge in [0.25, 0.3) is 0 Å². The summed E-state index contributed by atoms with van der Waals surface area (Å²) in [6.45, 7) is 4.12. The molecule has 0 saturated carbocycles. The van der Waals surface area contributed by atoms with Crippen LogP contribution in [0.4, 0.5) is 0 Å². The van der Waals surface area contributed by atoms with Crippen molar-refractivity contribution in [2.24, 2.45) is 0 Å². The fourth-order valence-corrected chi connectivity index (χ4v) is 2.93. The third-order valence-corrected chi connectivity index (χ3v) is 3.95. The molecule has 0 aromatic carbocycles. The van der Waals surface area contributed by atoms with Crippen molar-refractivity contribution >= 4 is 22.7 Å². The van der Waals surface area contributed by atoms with Crippen molar-refractivity contribution in [3.8, 4) is 9.88 Å². The van der Waals surface area contributed by atoms with Crippen LogP contribution in [0.5, 0.6) is 0 Å². The zero-order valence-corrected chi connectivity index (χ0v) is 10.3. The maximum Gasteiger partial charge on any atom is 0.133 e. The minimum absolute atomic E-state index is 0.885. The van der Waals surface area contributed by atoms with Crippen molar-refractivity contribution in [3.63, 3.8) is 0 Å². The summed E-state index contributed by atoms with van der Waals surface area (Å²) in [5.41, 5.74) is 1.15. The molecule has 4 heteroatoms. The summed E-state index contributed by atoms with van der Waals surface area (Å²) >= 11 is 3.47. The average Bonchev–Trinajstić information content (AvgIpc) is 2.87. The second-order valence-corrected chi connectivity index (χ2v) is 5.10. The lowest BCUT2D eigenvalue weighted by Gasteiger charge is -1.97. The van der Waals surface area contributed by atoms with Gasteiger partial charge in [-0.1, -0.05) is 13.0 Å². The number of nitrogens with one attached hydrogen (secondary N) is 1. The van der Waals surface area contributed by atoms with Crippen LogP contribution in [0.2, 0.25) is 0 Å². The van der Waals surface area contributed by atoms with Crippen LogP contribution >= 0.6 is 22.7 Å². The zero-order valence-electron chi connectivity index (χ0n) is 8.69. The van der Waals surface area contributed by atoms with Crippen LogP contribution in [0, 0.1) is 0 Å². The number of nitrogens with zero attached hydrogens (tertiary/aromatic N) is 1. The first-order chi connectivity index (χ1) is 7.40. The standard InChI is InChI=1S/C11H14N2S2/c1-2-5-12-7-9-8-15-11(13-9)10-4-3-6-14-10/h3-4,6,8,12H,2,5,7H2,1H3. The molecule has 0 aliphatic carbocycles. The van der Waals surface area contributed by atoms with Gasteiger partial charge >= 0.3 is 0 Å². The number of hydrogen-bond acceptors (Lipinski definition) is 4. The smallest absolute Gasteiger partial charge is 0.133 e. The Bertz CT molecular complexity index is 392. The van der Waals surface area contributed by atoms with Gasteiger partial charge in [-0.2, -0.15) is 0 Å². The van der Waals surface area contributed by atoms with Gasteiger partial charge in [0.15, 0.2) is 0 Å². The summed E-state index contributed by atoms with van der Waals surface area (Å²) in [6.07, 6.45) is 1.17. The highest BCUT2D eigenvalue weighted by Gasteiger charge is 2.04. The van der Waals surface area contributed by atoms with E-state index in [1.807, 2.05) is 0 Å². The first-order valence-corrected chi connectivity index (χ1v) is 6.85. The second-order valence-electron chi connectivity index (χ2n) is 3.30. The van der Waals surface area contributed by atoms with Crippen LogP contribution in [0.3, 0.4) is 0 Å². The first kappa shape index (κ1) is 10.8. The molecule has 0 aliphatic rings. The topological polar surface area (TPSA) is 24.9 Å². The monoisotopic (exact) mass is 238 g/mol. The van der Waals surface area contributed by atoms with Crippen molar-refractivity contribution in [1.82, 2.24) is 10.3 Å². The Hall–Kier alpha value is -0.710. The first-order valence-electron chi connectivity index (χ1n) is 5.09. The molecule has 2 heterocycles. The molecule has 2 aromatic heterocycles. The molecular formula is C11H14N2S2. The van der Waals surface area contributed by atoms with Gasteiger partial charge in [0, 0.05) is 11.9 Å². The Balaban J connectivity index is 1.98. The Morgan fingerprint density at radius 1 is 1.40 bits per heavy atom. The quantitative estimate of drug-likeness (QED) is 0.808. The van der Waals surface area contributed by atoms with Gasteiger partial charge in [0.2, 0.25) is 0 Å². The molecule has 0 fully saturated rings. The molecule has 2 aromatic rings. The summed E-state index contributed by atoms with van der Waals surface area (Å²) in [5.74, 6) is 0. The molecule has 2 rings (SSSR count). The van der Waals surface area contributed by atoms with E-state index in [4.69, 9.17) is 0 Å². The maximum absolute atomic E-state index is 4.59. The molecule has 2 nitrogen and oxygen atoms in total. The SMILES string of the molecule is CCCNCc1csc(-c2cccs2)n1. The van der Waals surface area contributed by atoms with Gasteiger partial charge in [-0.05, 0) is 24.4 Å². The van der Waals surface area contributed by atoms with E-state index in [2.05, 4.69) is 40.1 Å². The lowest BCUT2D eigenvalue weighted by atomic mass is 10.4. The summed E-state index contributed by atoms with van der Waals surface area (Å²) in [5, 5.41) is 8.72. The molecule has 1 N–H and O–H groups in total. The van der Waals surface area contributed by atoms with E-state index in [1.165, 1.54) is 11.3 Å². The van der Waals surface area contributed by atoms with Crippen LogP contribution in [0.25, 0.3) is 9.88 Å². The molecule has 0 amide bonds. The van der Waals surface area contributed by atoms with Crippen molar-refractivity contribution in [3.05, 3.63) is 28.6 Å². The van der Waals surface area contributed by atoms with E-state index in [1.54, 1.807) is 22.7 Å². The molecule has 0 spiro atoms. The van der Waals surface area contributed by atoms with E-state index in [0.717, 1.165) is 23.8 Å². The highest BCUT2D eigenvalue weighted by Crippen LogP contribution is 2.27. The Morgan fingerprint density at radius 3 is 3.07 bits per heavy atom. The fraction of sp³-hybridized carbons (Fsp3) is 0.364. The van der Waals surface area contributed by atoms with Crippen molar-refractivity contribution in [1.29, 1.82) is 0 Å². The van der Waals surface area contributed by atoms with E-state index in [9.17, 15) is 0 Å². The molecule has 80 valence electrons. The number of rotatable bonds is 5. The molecule has 0 saturated heterocycles. The molecule has 0 atom stereocenters. The molecular weight excluding hydrogens is 224 g/mol. The third-order valence-electron chi connectivity index (χ3n) is 2.02. The van der Waals surface area contributed by atoms with Gasteiger partial charge in [0.1, 0.15) is 5.01 Å². The number of hydrogen-bond donors (Lipinski definition) is 1. The average molecular weight is 238 g/mol. The zero-order chi connectivity index (χ0) is 10.5. The molecule has 0 radical (unpaired) electrons. The predicted molar refractivity (Wildman–Crippen MR) is 67.4 cm³/mol. The summed E-state index contributed by atoms with van der Waals surface area (Å²) in [7, 11) is 0. The summed E-state index contributed by atoms with van der Waals surface area (Å²) in [6, 6.07) is 4.18. The van der Waals surface area contributed by atoms with Crippen LogP contribution in [-0.4, -0.2) is 11.5 Å². The molecule has 0 aliphatic heterocycles. The van der Waals surface area contributed by atoms with Crippen LogP contribution < -0.4 is 5.32 Å². The van der Waals surface area contributed by atoms with E-state index >= 15 is 0 Å². The van der Waals surface area contributed by atoms with Crippen molar-refractivity contribution < 1.29 is 0 Å². The van der Waals surface area contributed by atoms with Crippen LogP contribution in [0.15, 0.2) is 22.9 Å². The normalized spacial score (nSPS) is 10.7. The van der Waals surface area contributed by atoms with Crippen LogP contribution in [0.1, 0.15) is 19.0 Å². The van der Waals surface area contributed by atoms with Gasteiger partial charge in [-0.3, -0.25) is 0 Å². The predicted octanol–water partition coefficient (Wildman–Crippen LogP) is 3.37.